The van der Waals surface area contributed by atoms with Crippen LogP contribution < -0.4 is 10.0 Å². The van der Waals surface area contributed by atoms with E-state index in [4.69, 9.17) is 11.6 Å². The van der Waals surface area contributed by atoms with Crippen LogP contribution in [0.5, 0.6) is 0 Å². The lowest BCUT2D eigenvalue weighted by Crippen LogP contribution is -2.29. The first kappa shape index (κ1) is 15.5. The minimum absolute atomic E-state index is 0.266. The van der Waals surface area contributed by atoms with Crippen LogP contribution in [-0.4, -0.2) is 28.1 Å². The Labute approximate surface area is 135 Å². The van der Waals surface area contributed by atoms with Gasteiger partial charge in [0.25, 0.3) is 0 Å². The normalized spacial score (nSPS) is 15.8. The average Bonchev–Trinajstić information content (AvgIpc) is 2.54. The van der Waals surface area contributed by atoms with E-state index in [1.807, 2.05) is 24.3 Å². The van der Waals surface area contributed by atoms with E-state index < -0.39 is 10.0 Å². The van der Waals surface area contributed by atoms with E-state index in [0.717, 1.165) is 30.5 Å². The molecule has 0 aliphatic carbocycles. The van der Waals surface area contributed by atoms with E-state index in [0.29, 0.717) is 17.0 Å². The van der Waals surface area contributed by atoms with E-state index in [1.54, 1.807) is 18.2 Å². The Morgan fingerprint density at radius 3 is 2.64 bits per heavy atom. The SMILES string of the molecule is O=S(=O)(NCC1=CCNCC1)c1ccc(Cl)c2ccccc12. The van der Waals surface area contributed by atoms with Crippen molar-refractivity contribution in [3.63, 3.8) is 0 Å². The fraction of sp³-hybridized carbons (Fsp3) is 0.250. The molecule has 0 saturated heterocycles. The van der Waals surface area contributed by atoms with Gasteiger partial charge in [-0.2, -0.15) is 0 Å². The van der Waals surface area contributed by atoms with Crippen molar-refractivity contribution < 1.29 is 8.42 Å². The molecule has 0 saturated carbocycles. The first-order valence-corrected chi connectivity index (χ1v) is 8.99. The Morgan fingerprint density at radius 1 is 1.14 bits per heavy atom. The molecule has 0 radical (unpaired) electrons. The molecule has 0 atom stereocenters. The Hall–Kier alpha value is -1.40. The lowest BCUT2D eigenvalue weighted by molar-refractivity contribution is 0.583. The highest BCUT2D eigenvalue weighted by molar-refractivity contribution is 7.89. The third-order valence-corrected chi connectivity index (χ3v) is 5.56. The van der Waals surface area contributed by atoms with Gasteiger partial charge in [-0.25, -0.2) is 13.1 Å². The molecule has 4 nitrogen and oxygen atoms in total. The maximum atomic E-state index is 12.6. The van der Waals surface area contributed by atoms with Crippen molar-refractivity contribution in [1.29, 1.82) is 0 Å². The van der Waals surface area contributed by atoms with Gasteiger partial charge in [-0.15, -0.1) is 0 Å². The van der Waals surface area contributed by atoms with Gasteiger partial charge < -0.3 is 5.32 Å². The Kier molecular flexibility index (Phi) is 4.49. The van der Waals surface area contributed by atoms with Crippen molar-refractivity contribution in [3.8, 4) is 0 Å². The molecule has 2 aromatic carbocycles. The highest BCUT2D eigenvalue weighted by Crippen LogP contribution is 2.29. The largest absolute Gasteiger partial charge is 0.313 e. The molecule has 22 heavy (non-hydrogen) atoms. The van der Waals surface area contributed by atoms with Crippen LogP contribution in [0.1, 0.15) is 6.42 Å². The highest BCUT2D eigenvalue weighted by Gasteiger charge is 2.18. The number of hydrogen-bond acceptors (Lipinski definition) is 3. The van der Waals surface area contributed by atoms with Crippen LogP contribution in [0.4, 0.5) is 0 Å². The highest BCUT2D eigenvalue weighted by atomic mass is 35.5. The number of fused-ring (bicyclic) bond motifs is 1. The predicted molar refractivity (Wildman–Crippen MR) is 89.7 cm³/mol. The Balaban J connectivity index is 1.92. The zero-order valence-corrected chi connectivity index (χ0v) is 13.5. The Morgan fingerprint density at radius 2 is 1.91 bits per heavy atom. The predicted octanol–water partition coefficient (Wildman–Crippen LogP) is 2.69. The summed E-state index contributed by atoms with van der Waals surface area (Å²) >= 11 is 6.15. The standard InChI is InChI=1S/C16H17ClN2O2S/c17-15-5-6-16(14-4-2-1-3-13(14)15)22(20,21)19-11-12-7-9-18-10-8-12/h1-7,18-19H,8-11H2. The summed E-state index contributed by atoms with van der Waals surface area (Å²) < 4.78 is 27.9. The van der Waals surface area contributed by atoms with Crippen LogP contribution in [0.25, 0.3) is 10.8 Å². The molecule has 1 aliphatic rings. The third kappa shape index (κ3) is 3.17. The van der Waals surface area contributed by atoms with E-state index in [2.05, 4.69) is 10.0 Å². The molecular formula is C16H17ClN2O2S. The molecule has 3 rings (SSSR count). The second-order valence-electron chi connectivity index (χ2n) is 5.23. The number of nitrogens with one attached hydrogen (secondary N) is 2. The zero-order valence-electron chi connectivity index (χ0n) is 12.0. The third-order valence-electron chi connectivity index (χ3n) is 3.77. The summed E-state index contributed by atoms with van der Waals surface area (Å²) in [5.41, 5.74) is 1.11. The van der Waals surface area contributed by atoms with Crippen LogP contribution in [0.3, 0.4) is 0 Å². The first-order chi connectivity index (χ1) is 10.6. The van der Waals surface area contributed by atoms with Gasteiger partial charge in [0.05, 0.1) is 4.90 Å². The summed E-state index contributed by atoms with van der Waals surface area (Å²) in [6, 6.07) is 10.4. The fourth-order valence-electron chi connectivity index (χ4n) is 2.56. The van der Waals surface area contributed by atoms with Gasteiger partial charge in [-0.05, 0) is 25.1 Å². The number of sulfonamides is 1. The molecule has 1 heterocycles. The second-order valence-corrected chi connectivity index (χ2v) is 7.37. The maximum Gasteiger partial charge on any atom is 0.241 e. The summed E-state index contributed by atoms with van der Waals surface area (Å²) in [5, 5.41) is 5.14. The topological polar surface area (TPSA) is 58.2 Å². The molecule has 0 bridgehead atoms. The summed E-state index contributed by atoms with van der Waals surface area (Å²) in [6.45, 7) is 2.03. The van der Waals surface area contributed by atoms with Crippen molar-refractivity contribution in [2.45, 2.75) is 11.3 Å². The molecule has 6 heteroatoms. The van der Waals surface area contributed by atoms with Gasteiger partial charge in [0.15, 0.2) is 0 Å². The number of hydrogen-bond donors (Lipinski definition) is 2. The molecule has 0 amide bonds. The van der Waals surface area contributed by atoms with Crippen LogP contribution in [0, 0.1) is 0 Å². The van der Waals surface area contributed by atoms with Crippen LogP contribution in [-0.2, 0) is 10.0 Å². The van der Waals surface area contributed by atoms with Gasteiger partial charge in [0.2, 0.25) is 10.0 Å². The minimum atomic E-state index is -3.57. The molecule has 2 aromatic rings. The summed E-state index contributed by atoms with van der Waals surface area (Å²) in [5.74, 6) is 0. The Bertz CT molecular complexity index is 831. The van der Waals surface area contributed by atoms with E-state index in [1.165, 1.54) is 0 Å². The summed E-state index contributed by atoms with van der Waals surface area (Å²) in [7, 11) is -3.57. The van der Waals surface area contributed by atoms with E-state index in [-0.39, 0.29) is 4.90 Å². The molecule has 0 aromatic heterocycles. The van der Waals surface area contributed by atoms with Gasteiger partial charge >= 0.3 is 0 Å². The zero-order chi connectivity index (χ0) is 15.6. The molecule has 0 fully saturated rings. The summed E-state index contributed by atoms with van der Waals surface area (Å²) in [6.07, 6.45) is 2.90. The maximum absolute atomic E-state index is 12.6. The van der Waals surface area contributed by atoms with Gasteiger partial charge in [0, 0.05) is 28.9 Å². The van der Waals surface area contributed by atoms with Gasteiger partial charge in [0.1, 0.15) is 0 Å². The van der Waals surface area contributed by atoms with Crippen molar-refractivity contribution in [2.75, 3.05) is 19.6 Å². The smallest absolute Gasteiger partial charge is 0.241 e. The molecule has 116 valence electrons. The van der Waals surface area contributed by atoms with E-state index in [9.17, 15) is 8.42 Å². The molecule has 0 spiro atoms. The minimum Gasteiger partial charge on any atom is -0.313 e. The molecular weight excluding hydrogens is 320 g/mol. The van der Waals surface area contributed by atoms with Gasteiger partial charge in [-0.1, -0.05) is 47.5 Å². The lowest BCUT2D eigenvalue weighted by Gasteiger charge is -2.15. The fourth-order valence-corrected chi connectivity index (χ4v) is 4.04. The monoisotopic (exact) mass is 336 g/mol. The molecule has 0 unspecified atom stereocenters. The first-order valence-electron chi connectivity index (χ1n) is 7.13. The van der Waals surface area contributed by atoms with Crippen LogP contribution >= 0.6 is 11.6 Å². The number of rotatable bonds is 4. The molecule has 1 aliphatic heterocycles. The van der Waals surface area contributed by atoms with E-state index >= 15 is 0 Å². The molecule has 2 N–H and O–H groups in total. The van der Waals surface area contributed by atoms with Crippen molar-refractivity contribution in [2.24, 2.45) is 0 Å². The number of halogens is 1. The number of benzene rings is 2. The summed E-state index contributed by atoms with van der Waals surface area (Å²) in [4.78, 5) is 0.266. The average molecular weight is 337 g/mol. The van der Waals surface area contributed by atoms with Gasteiger partial charge in [-0.3, -0.25) is 0 Å². The quantitative estimate of drug-likeness (QED) is 0.844. The second kappa shape index (κ2) is 6.38. The van der Waals surface area contributed by atoms with Crippen molar-refractivity contribution >= 4 is 32.4 Å². The van der Waals surface area contributed by atoms with Crippen molar-refractivity contribution in [1.82, 2.24) is 10.0 Å². The van der Waals surface area contributed by atoms with Crippen LogP contribution in [0.2, 0.25) is 5.02 Å². The lowest BCUT2D eigenvalue weighted by atomic mass is 10.1. The van der Waals surface area contributed by atoms with Crippen LogP contribution in [0.15, 0.2) is 52.9 Å². The van der Waals surface area contributed by atoms with Crippen molar-refractivity contribution in [3.05, 3.63) is 53.1 Å².